The Bertz CT molecular complexity index is 74.5. The first kappa shape index (κ1) is 7.73. The third kappa shape index (κ3) is 5.73. The van der Waals surface area contributed by atoms with Crippen LogP contribution < -0.4 is 0 Å². The summed E-state index contributed by atoms with van der Waals surface area (Å²) < 4.78 is 0. The monoisotopic (exact) mass is 132 g/mol. The van der Waals surface area contributed by atoms with Gasteiger partial charge in [0.05, 0.1) is 6.61 Å². The lowest BCUT2D eigenvalue weighted by molar-refractivity contribution is 0.343. The molecule has 1 N–H and O–H groups in total. The highest BCUT2D eigenvalue weighted by Gasteiger charge is 1.63. The molecule has 0 atom stereocenters. The van der Waals surface area contributed by atoms with E-state index in [0.717, 1.165) is 0 Å². The molecule has 0 aliphatic carbocycles. The van der Waals surface area contributed by atoms with Gasteiger partial charge in [0, 0.05) is 5.88 Å². The Kier molecular flexibility index (Phi) is 6.50. The highest BCUT2D eigenvalue weighted by molar-refractivity contribution is 6.18. The van der Waals surface area contributed by atoms with Crippen LogP contribution in [-0.2, 0) is 0 Å². The van der Waals surface area contributed by atoms with Crippen molar-refractivity contribution in [2.45, 2.75) is 0 Å². The van der Waals surface area contributed by atoms with Crippen LogP contribution in [0, 0.1) is 0 Å². The van der Waals surface area contributed by atoms with Gasteiger partial charge in [-0.25, -0.2) is 0 Å². The third-order valence-corrected chi connectivity index (χ3v) is 0.756. The minimum atomic E-state index is 0.0899. The molecule has 46 valence electrons. The fourth-order valence-electron chi connectivity index (χ4n) is 0.269. The van der Waals surface area contributed by atoms with Crippen molar-refractivity contribution in [3.63, 3.8) is 0 Å². The Hall–Kier alpha value is -0.270. The Labute approximate surface area is 54.3 Å². The van der Waals surface area contributed by atoms with Gasteiger partial charge in [0.25, 0.3) is 0 Å². The van der Waals surface area contributed by atoms with E-state index in [1.165, 1.54) is 0 Å². The van der Waals surface area contributed by atoms with Gasteiger partial charge < -0.3 is 5.11 Å². The first-order valence-electron chi connectivity index (χ1n) is 2.40. The molecule has 0 spiro atoms. The normalized spacial score (nSPS) is 11.8. The molecule has 0 saturated carbocycles. The highest BCUT2D eigenvalue weighted by Crippen LogP contribution is 1.79. The second-order valence-electron chi connectivity index (χ2n) is 1.19. The van der Waals surface area contributed by atoms with Crippen molar-refractivity contribution in [3.05, 3.63) is 24.3 Å². The van der Waals surface area contributed by atoms with E-state index in [0.29, 0.717) is 5.88 Å². The topological polar surface area (TPSA) is 20.2 Å². The van der Waals surface area contributed by atoms with Crippen molar-refractivity contribution >= 4 is 11.6 Å². The Balaban J connectivity index is 3.13. The summed E-state index contributed by atoms with van der Waals surface area (Å²) in [6.07, 6.45) is 6.99. The molecule has 0 amide bonds. The summed E-state index contributed by atoms with van der Waals surface area (Å²) in [6.45, 7) is 0.0899. The lowest BCUT2D eigenvalue weighted by Crippen LogP contribution is -1.67. The largest absolute Gasteiger partial charge is 0.392 e. The van der Waals surface area contributed by atoms with Crippen molar-refractivity contribution in [1.82, 2.24) is 0 Å². The Morgan fingerprint density at radius 3 is 2.38 bits per heavy atom. The van der Waals surface area contributed by atoms with E-state index in [1.54, 1.807) is 24.3 Å². The van der Waals surface area contributed by atoms with Gasteiger partial charge in [-0.15, -0.1) is 11.6 Å². The molecule has 0 fully saturated rings. The summed E-state index contributed by atoms with van der Waals surface area (Å²) in [5, 5.41) is 8.21. The molecular weight excluding hydrogens is 124 g/mol. The predicted octanol–water partition coefficient (Wildman–Crippen LogP) is 1.33. The molecule has 1 nitrogen and oxygen atoms in total. The number of allylic oxidation sites excluding steroid dienone is 3. The molecule has 0 aromatic carbocycles. The van der Waals surface area contributed by atoms with Crippen LogP contribution in [0.1, 0.15) is 0 Å². The predicted molar refractivity (Wildman–Crippen MR) is 36.1 cm³/mol. The first-order chi connectivity index (χ1) is 3.91. The lowest BCUT2D eigenvalue weighted by atomic mass is 10.4. The highest BCUT2D eigenvalue weighted by atomic mass is 35.5. The summed E-state index contributed by atoms with van der Waals surface area (Å²) >= 11 is 5.30. The summed E-state index contributed by atoms with van der Waals surface area (Å²) in [6, 6.07) is 0. The van der Waals surface area contributed by atoms with Crippen LogP contribution in [0.5, 0.6) is 0 Å². The molecular formula is C6H9ClO. The number of aliphatic hydroxyl groups is 1. The van der Waals surface area contributed by atoms with Crippen molar-refractivity contribution < 1.29 is 5.11 Å². The summed E-state index contributed by atoms with van der Waals surface area (Å²) in [5.74, 6) is 0.524. The molecule has 2 heteroatoms. The molecule has 0 aliphatic heterocycles. The minimum Gasteiger partial charge on any atom is -0.392 e. The first-order valence-corrected chi connectivity index (χ1v) is 2.93. The quantitative estimate of drug-likeness (QED) is 0.454. The zero-order valence-electron chi connectivity index (χ0n) is 4.55. The Morgan fingerprint density at radius 2 is 1.88 bits per heavy atom. The van der Waals surface area contributed by atoms with Gasteiger partial charge in [-0.2, -0.15) is 0 Å². The van der Waals surface area contributed by atoms with Gasteiger partial charge in [0.1, 0.15) is 0 Å². The van der Waals surface area contributed by atoms with E-state index < -0.39 is 0 Å². The van der Waals surface area contributed by atoms with Gasteiger partial charge in [-0.05, 0) is 0 Å². The van der Waals surface area contributed by atoms with E-state index in [2.05, 4.69) is 0 Å². The van der Waals surface area contributed by atoms with Crippen LogP contribution >= 0.6 is 11.6 Å². The molecule has 0 aromatic rings. The fraction of sp³-hybridized carbons (Fsp3) is 0.333. The zero-order chi connectivity index (χ0) is 6.24. The van der Waals surface area contributed by atoms with E-state index in [-0.39, 0.29) is 6.61 Å². The maximum atomic E-state index is 8.21. The van der Waals surface area contributed by atoms with Crippen LogP contribution in [0.3, 0.4) is 0 Å². The second kappa shape index (κ2) is 6.73. The number of halogens is 1. The summed E-state index contributed by atoms with van der Waals surface area (Å²) in [7, 11) is 0. The van der Waals surface area contributed by atoms with Gasteiger partial charge in [-0.3, -0.25) is 0 Å². The molecule has 0 heterocycles. The molecule has 8 heavy (non-hydrogen) atoms. The number of hydrogen-bond acceptors (Lipinski definition) is 1. The summed E-state index contributed by atoms with van der Waals surface area (Å²) in [4.78, 5) is 0. The van der Waals surface area contributed by atoms with E-state index in [9.17, 15) is 0 Å². The zero-order valence-corrected chi connectivity index (χ0v) is 5.30. The fourth-order valence-corrected chi connectivity index (χ4v) is 0.372. The van der Waals surface area contributed by atoms with Crippen molar-refractivity contribution in [2.75, 3.05) is 12.5 Å². The van der Waals surface area contributed by atoms with Crippen LogP contribution in [0.4, 0.5) is 0 Å². The van der Waals surface area contributed by atoms with E-state index in [4.69, 9.17) is 16.7 Å². The maximum Gasteiger partial charge on any atom is 0.0615 e. The van der Waals surface area contributed by atoms with Crippen molar-refractivity contribution in [1.29, 1.82) is 0 Å². The molecule has 0 saturated heterocycles. The molecule has 0 bridgehead atoms. The number of alkyl halides is 1. The standard InChI is InChI=1S/C6H9ClO/c7-5-3-1-2-4-6-8/h1-4,8H,5-6H2/b3-1-,4-2-. The molecule has 0 radical (unpaired) electrons. The van der Waals surface area contributed by atoms with Gasteiger partial charge in [0.15, 0.2) is 0 Å². The van der Waals surface area contributed by atoms with E-state index in [1.807, 2.05) is 0 Å². The maximum absolute atomic E-state index is 8.21. The molecule has 0 unspecified atom stereocenters. The summed E-state index contributed by atoms with van der Waals surface area (Å²) in [5.41, 5.74) is 0. The number of hydrogen-bond donors (Lipinski definition) is 1. The second-order valence-corrected chi connectivity index (χ2v) is 1.50. The minimum absolute atomic E-state index is 0.0899. The lowest BCUT2D eigenvalue weighted by Gasteiger charge is -1.73. The smallest absolute Gasteiger partial charge is 0.0615 e. The average molecular weight is 133 g/mol. The molecule has 0 aliphatic rings. The average Bonchev–Trinajstić information content (AvgIpc) is 1.81. The SMILES string of the molecule is OC/C=C\C=C/CCl. The van der Waals surface area contributed by atoms with Crippen LogP contribution in [0.15, 0.2) is 24.3 Å². The molecule has 0 rings (SSSR count). The van der Waals surface area contributed by atoms with Crippen LogP contribution in [0.2, 0.25) is 0 Å². The van der Waals surface area contributed by atoms with Gasteiger partial charge >= 0.3 is 0 Å². The Morgan fingerprint density at radius 1 is 1.25 bits per heavy atom. The number of aliphatic hydroxyl groups excluding tert-OH is 1. The van der Waals surface area contributed by atoms with Crippen molar-refractivity contribution in [2.24, 2.45) is 0 Å². The van der Waals surface area contributed by atoms with Crippen LogP contribution in [-0.4, -0.2) is 17.6 Å². The van der Waals surface area contributed by atoms with Crippen LogP contribution in [0.25, 0.3) is 0 Å². The van der Waals surface area contributed by atoms with E-state index >= 15 is 0 Å². The van der Waals surface area contributed by atoms with Gasteiger partial charge in [-0.1, -0.05) is 24.3 Å². The molecule has 0 aromatic heterocycles. The van der Waals surface area contributed by atoms with Crippen molar-refractivity contribution in [3.8, 4) is 0 Å². The number of rotatable bonds is 3. The van der Waals surface area contributed by atoms with Gasteiger partial charge in [0.2, 0.25) is 0 Å². The third-order valence-electron chi connectivity index (χ3n) is 0.578.